The molecule has 0 aromatic rings. The maximum absolute atomic E-state index is 10.7. The first-order valence-electron chi connectivity index (χ1n) is 3.56. The Morgan fingerprint density at radius 2 is 2.36 bits per heavy atom. The average molecular weight is 158 g/mol. The first-order chi connectivity index (χ1) is 5.24. The molecule has 64 valence electrons. The summed E-state index contributed by atoms with van der Waals surface area (Å²) in [5.74, 6) is -0.395. The molecule has 0 saturated carbocycles. The standard InChI is InChI=1S/C8H14O3/c1-4-7(6-10-3)11-8(9)5-2/h5,7H,2,4,6H2,1,3H3. The number of methoxy groups -OCH3 is 1. The largest absolute Gasteiger partial charge is 0.457 e. The van der Waals surface area contributed by atoms with Gasteiger partial charge in [0, 0.05) is 13.2 Å². The van der Waals surface area contributed by atoms with Crippen LogP contribution in [0.5, 0.6) is 0 Å². The maximum Gasteiger partial charge on any atom is 0.330 e. The van der Waals surface area contributed by atoms with Crippen LogP contribution < -0.4 is 0 Å². The third-order valence-corrected chi connectivity index (χ3v) is 1.26. The Bertz CT molecular complexity index is 131. The van der Waals surface area contributed by atoms with Crippen LogP contribution in [-0.4, -0.2) is 25.8 Å². The summed E-state index contributed by atoms with van der Waals surface area (Å²) in [7, 11) is 1.57. The Balaban J connectivity index is 3.67. The van der Waals surface area contributed by atoms with Crippen molar-refractivity contribution in [3.05, 3.63) is 12.7 Å². The van der Waals surface area contributed by atoms with Gasteiger partial charge in [-0.3, -0.25) is 0 Å². The van der Waals surface area contributed by atoms with E-state index in [0.29, 0.717) is 6.61 Å². The van der Waals surface area contributed by atoms with Crippen molar-refractivity contribution in [2.75, 3.05) is 13.7 Å². The van der Waals surface area contributed by atoms with Gasteiger partial charge in [-0.25, -0.2) is 4.79 Å². The van der Waals surface area contributed by atoms with Crippen molar-refractivity contribution in [2.24, 2.45) is 0 Å². The highest BCUT2D eigenvalue weighted by Gasteiger charge is 2.08. The van der Waals surface area contributed by atoms with Crippen molar-refractivity contribution in [1.29, 1.82) is 0 Å². The Labute approximate surface area is 67.0 Å². The molecule has 1 atom stereocenters. The van der Waals surface area contributed by atoms with Crippen LogP contribution in [0.15, 0.2) is 12.7 Å². The van der Waals surface area contributed by atoms with Crippen molar-refractivity contribution in [3.63, 3.8) is 0 Å². The third-order valence-electron chi connectivity index (χ3n) is 1.26. The highest BCUT2D eigenvalue weighted by atomic mass is 16.6. The highest BCUT2D eigenvalue weighted by molar-refractivity contribution is 5.81. The van der Waals surface area contributed by atoms with Gasteiger partial charge in [-0.1, -0.05) is 13.5 Å². The number of rotatable bonds is 5. The van der Waals surface area contributed by atoms with Gasteiger partial charge in [0.1, 0.15) is 6.10 Å². The van der Waals surface area contributed by atoms with E-state index in [2.05, 4.69) is 6.58 Å². The van der Waals surface area contributed by atoms with Gasteiger partial charge in [-0.15, -0.1) is 0 Å². The van der Waals surface area contributed by atoms with E-state index in [9.17, 15) is 4.79 Å². The average Bonchev–Trinajstić information content (AvgIpc) is 2.03. The van der Waals surface area contributed by atoms with Crippen LogP contribution in [0.2, 0.25) is 0 Å². The fourth-order valence-electron chi connectivity index (χ4n) is 0.633. The maximum atomic E-state index is 10.7. The summed E-state index contributed by atoms with van der Waals surface area (Å²) in [5.41, 5.74) is 0. The monoisotopic (exact) mass is 158 g/mol. The van der Waals surface area contributed by atoms with Crippen LogP contribution in [0.1, 0.15) is 13.3 Å². The zero-order chi connectivity index (χ0) is 8.69. The Hall–Kier alpha value is -0.830. The minimum Gasteiger partial charge on any atom is -0.457 e. The summed E-state index contributed by atoms with van der Waals surface area (Å²) < 4.78 is 9.74. The number of hydrogen-bond donors (Lipinski definition) is 0. The molecule has 0 aromatic carbocycles. The molecule has 0 fully saturated rings. The molecular weight excluding hydrogens is 144 g/mol. The van der Waals surface area contributed by atoms with Crippen molar-refractivity contribution in [2.45, 2.75) is 19.4 Å². The van der Waals surface area contributed by atoms with Crippen LogP contribution in [0.3, 0.4) is 0 Å². The van der Waals surface area contributed by atoms with Gasteiger partial charge in [0.25, 0.3) is 0 Å². The van der Waals surface area contributed by atoms with E-state index >= 15 is 0 Å². The Morgan fingerprint density at radius 3 is 2.73 bits per heavy atom. The van der Waals surface area contributed by atoms with Gasteiger partial charge in [-0.2, -0.15) is 0 Å². The number of carbonyl (C=O) groups excluding carboxylic acids is 1. The lowest BCUT2D eigenvalue weighted by Gasteiger charge is -2.12. The summed E-state index contributed by atoms with van der Waals surface area (Å²) in [5, 5.41) is 0. The van der Waals surface area contributed by atoms with Crippen LogP contribution in [0, 0.1) is 0 Å². The zero-order valence-electron chi connectivity index (χ0n) is 7.00. The molecular formula is C8H14O3. The molecule has 0 aliphatic rings. The second kappa shape index (κ2) is 5.92. The SMILES string of the molecule is C=CC(=O)OC(CC)COC. The predicted octanol–water partition coefficient (Wildman–Crippen LogP) is 1.14. The molecule has 0 aliphatic heterocycles. The van der Waals surface area contributed by atoms with E-state index in [-0.39, 0.29) is 6.10 Å². The molecule has 0 bridgehead atoms. The van der Waals surface area contributed by atoms with Crippen molar-refractivity contribution < 1.29 is 14.3 Å². The van der Waals surface area contributed by atoms with Crippen molar-refractivity contribution in [1.82, 2.24) is 0 Å². The van der Waals surface area contributed by atoms with E-state index in [0.717, 1.165) is 12.5 Å². The minimum atomic E-state index is -0.395. The molecule has 0 aromatic heterocycles. The van der Waals surface area contributed by atoms with E-state index in [1.807, 2.05) is 6.92 Å². The van der Waals surface area contributed by atoms with Crippen LogP contribution in [-0.2, 0) is 14.3 Å². The molecule has 0 saturated heterocycles. The number of ether oxygens (including phenoxy) is 2. The smallest absolute Gasteiger partial charge is 0.330 e. The van der Waals surface area contributed by atoms with E-state index in [1.54, 1.807) is 7.11 Å². The third kappa shape index (κ3) is 4.56. The van der Waals surface area contributed by atoms with Gasteiger partial charge in [0.2, 0.25) is 0 Å². The fraction of sp³-hybridized carbons (Fsp3) is 0.625. The lowest BCUT2D eigenvalue weighted by molar-refractivity contribution is -0.145. The molecule has 0 radical (unpaired) electrons. The molecule has 3 nitrogen and oxygen atoms in total. The Morgan fingerprint density at radius 1 is 1.73 bits per heavy atom. The molecule has 0 amide bonds. The second-order valence-corrected chi connectivity index (χ2v) is 2.13. The predicted molar refractivity (Wildman–Crippen MR) is 42.2 cm³/mol. The van der Waals surface area contributed by atoms with Gasteiger partial charge in [-0.05, 0) is 6.42 Å². The van der Waals surface area contributed by atoms with Gasteiger partial charge < -0.3 is 9.47 Å². The minimum absolute atomic E-state index is 0.148. The van der Waals surface area contributed by atoms with Crippen LogP contribution >= 0.6 is 0 Å². The van der Waals surface area contributed by atoms with E-state index < -0.39 is 5.97 Å². The van der Waals surface area contributed by atoms with E-state index in [1.165, 1.54) is 0 Å². The number of hydrogen-bond acceptors (Lipinski definition) is 3. The summed E-state index contributed by atoms with van der Waals surface area (Å²) in [6, 6.07) is 0. The first kappa shape index (κ1) is 10.2. The molecule has 3 heteroatoms. The molecule has 0 rings (SSSR count). The van der Waals surface area contributed by atoms with Crippen molar-refractivity contribution >= 4 is 5.97 Å². The lowest BCUT2D eigenvalue weighted by Crippen LogP contribution is -2.20. The molecule has 11 heavy (non-hydrogen) atoms. The van der Waals surface area contributed by atoms with Crippen LogP contribution in [0.4, 0.5) is 0 Å². The molecule has 0 spiro atoms. The van der Waals surface area contributed by atoms with Crippen LogP contribution in [0.25, 0.3) is 0 Å². The number of esters is 1. The fourth-order valence-corrected chi connectivity index (χ4v) is 0.633. The van der Waals surface area contributed by atoms with Gasteiger partial charge in [0.15, 0.2) is 0 Å². The molecule has 0 heterocycles. The summed E-state index contributed by atoms with van der Waals surface area (Å²) in [4.78, 5) is 10.7. The topological polar surface area (TPSA) is 35.5 Å². The highest BCUT2D eigenvalue weighted by Crippen LogP contribution is 1.98. The number of carbonyl (C=O) groups is 1. The summed E-state index contributed by atoms with van der Waals surface area (Å²) in [6.45, 7) is 5.66. The second-order valence-electron chi connectivity index (χ2n) is 2.13. The normalized spacial score (nSPS) is 12.2. The lowest BCUT2D eigenvalue weighted by atomic mass is 10.3. The molecule has 0 N–H and O–H groups in total. The van der Waals surface area contributed by atoms with Gasteiger partial charge >= 0.3 is 5.97 Å². The zero-order valence-corrected chi connectivity index (χ0v) is 7.00. The molecule has 0 aliphatic carbocycles. The summed E-state index contributed by atoms with van der Waals surface area (Å²) >= 11 is 0. The van der Waals surface area contributed by atoms with Crippen molar-refractivity contribution in [3.8, 4) is 0 Å². The Kier molecular flexibility index (Phi) is 5.47. The molecule has 1 unspecified atom stereocenters. The van der Waals surface area contributed by atoms with Gasteiger partial charge in [0.05, 0.1) is 6.61 Å². The quantitative estimate of drug-likeness (QED) is 0.444. The van der Waals surface area contributed by atoms with E-state index in [4.69, 9.17) is 9.47 Å². The summed E-state index contributed by atoms with van der Waals surface area (Å²) in [6.07, 6.45) is 1.76. The first-order valence-corrected chi connectivity index (χ1v) is 3.56.